The molecule has 124 valence electrons. The fraction of sp³-hybridized carbons (Fsp3) is 0.625. The van der Waals surface area contributed by atoms with E-state index in [2.05, 4.69) is 5.32 Å². The predicted octanol–water partition coefficient (Wildman–Crippen LogP) is 3.01. The highest BCUT2D eigenvalue weighted by Gasteiger charge is 2.42. The van der Waals surface area contributed by atoms with Crippen molar-refractivity contribution in [2.24, 2.45) is 5.92 Å². The highest BCUT2D eigenvalue weighted by molar-refractivity contribution is 5.26. The topological polar surface area (TPSA) is 52.5 Å². The van der Waals surface area contributed by atoms with Crippen molar-refractivity contribution in [1.29, 1.82) is 0 Å². The van der Waals surface area contributed by atoms with Gasteiger partial charge in [-0.05, 0) is 43.4 Å². The summed E-state index contributed by atoms with van der Waals surface area (Å²) in [6.45, 7) is -0.131. The van der Waals surface area contributed by atoms with E-state index in [1.807, 2.05) is 0 Å². The van der Waals surface area contributed by atoms with E-state index in [9.17, 15) is 23.4 Å². The number of rotatable bonds is 5. The third-order valence-electron chi connectivity index (χ3n) is 4.25. The fourth-order valence-corrected chi connectivity index (χ4v) is 3.06. The minimum Gasteiger partial charge on any atom is -0.508 e. The first-order chi connectivity index (χ1) is 10.4. The van der Waals surface area contributed by atoms with E-state index in [0.29, 0.717) is 19.3 Å². The molecule has 1 fully saturated rings. The average molecular weight is 317 g/mol. The number of phenolic OH excluding ortho intramolecular Hbond substituents is 1. The molecule has 0 radical (unpaired) electrons. The van der Waals surface area contributed by atoms with Gasteiger partial charge in [0.05, 0.1) is 12.5 Å². The molecule has 0 aromatic heterocycles. The number of halogens is 3. The van der Waals surface area contributed by atoms with Crippen molar-refractivity contribution < 1.29 is 23.4 Å². The monoisotopic (exact) mass is 317 g/mol. The Labute approximate surface area is 128 Å². The van der Waals surface area contributed by atoms with Gasteiger partial charge in [-0.15, -0.1) is 0 Å². The molecule has 0 bridgehead atoms. The third-order valence-corrected chi connectivity index (χ3v) is 4.25. The van der Waals surface area contributed by atoms with Crippen molar-refractivity contribution in [2.75, 3.05) is 6.61 Å². The Hall–Kier alpha value is -1.27. The number of hydrogen-bond acceptors (Lipinski definition) is 3. The molecule has 1 aliphatic rings. The molecule has 3 N–H and O–H groups in total. The van der Waals surface area contributed by atoms with Gasteiger partial charge >= 0.3 is 6.18 Å². The summed E-state index contributed by atoms with van der Waals surface area (Å²) in [5.74, 6) is -1.08. The second-order valence-corrected chi connectivity index (χ2v) is 6.02. The molecule has 1 aromatic rings. The lowest BCUT2D eigenvalue weighted by Gasteiger charge is -2.33. The van der Waals surface area contributed by atoms with Gasteiger partial charge in [-0.25, -0.2) is 0 Å². The normalized spacial score (nSPS) is 24.2. The van der Waals surface area contributed by atoms with Gasteiger partial charge in [0.15, 0.2) is 0 Å². The van der Waals surface area contributed by atoms with Gasteiger partial charge in [0.2, 0.25) is 0 Å². The SMILES string of the molecule is OC[C@H](Cc1ccc(O)cc1)N[C@H]1CCC[C@@H](C(F)(F)F)C1. The minimum absolute atomic E-state index is 0.0789. The summed E-state index contributed by atoms with van der Waals surface area (Å²) in [6.07, 6.45) is -2.08. The second kappa shape index (κ2) is 7.33. The Morgan fingerprint density at radius 2 is 1.86 bits per heavy atom. The van der Waals surface area contributed by atoms with Gasteiger partial charge < -0.3 is 15.5 Å². The maximum Gasteiger partial charge on any atom is 0.391 e. The first kappa shape index (κ1) is 17.1. The number of aliphatic hydroxyl groups is 1. The first-order valence-corrected chi connectivity index (χ1v) is 7.60. The van der Waals surface area contributed by atoms with Crippen LogP contribution in [0.15, 0.2) is 24.3 Å². The number of aromatic hydroxyl groups is 1. The van der Waals surface area contributed by atoms with Crippen molar-refractivity contribution in [3.8, 4) is 5.75 Å². The van der Waals surface area contributed by atoms with E-state index >= 15 is 0 Å². The molecule has 6 heteroatoms. The largest absolute Gasteiger partial charge is 0.508 e. The van der Waals surface area contributed by atoms with Crippen LogP contribution >= 0.6 is 0 Å². The molecule has 3 nitrogen and oxygen atoms in total. The highest BCUT2D eigenvalue weighted by Crippen LogP contribution is 2.37. The van der Waals surface area contributed by atoms with Gasteiger partial charge in [0, 0.05) is 12.1 Å². The van der Waals surface area contributed by atoms with Crippen molar-refractivity contribution in [3.63, 3.8) is 0 Å². The summed E-state index contributed by atoms with van der Waals surface area (Å²) in [4.78, 5) is 0. The van der Waals surface area contributed by atoms with E-state index in [1.54, 1.807) is 24.3 Å². The van der Waals surface area contributed by atoms with Gasteiger partial charge in [0.25, 0.3) is 0 Å². The number of aliphatic hydroxyl groups excluding tert-OH is 1. The smallest absolute Gasteiger partial charge is 0.391 e. The van der Waals surface area contributed by atoms with Crippen molar-refractivity contribution in [2.45, 2.75) is 50.4 Å². The summed E-state index contributed by atoms with van der Waals surface area (Å²) in [5.41, 5.74) is 0.924. The molecule has 22 heavy (non-hydrogen) atoms. The zero-order chi connectivity index (χ0) is 16.2. The quantitative estimate of drug-likeness (QED) is 0.782. The van der Waals surface area contributed by atoms with Crippen LogP contribution in [-0.4, -0.2) is 35.1 Å². The molecule has 3 atom stereocenters. The Morgan fingerprint density at radius 1 is 1.18 bits per heavy atom. The molecule has 0 spiro atoms. The van der Waals surface area contributed by atoms with Gasteiger partial charge in [-0.1, -0.05) is 18.6 Å². The predicted molar refractivity (Wildman–Crippen MR) is 77.6 cm³/mol. The molecule has 1 aliphatic carbocycles. The van der Waals surface area contributed by atoms with Crippen LogP contribution in [0.5, 0.6) is 5.75 Å². The molecule has 0 heterocycles. The maximum absolute atomic E-state index is 12.8. The van der Waals surface area contributed by atoms with Crippen LogP contribution in [0.25, 0.3) is 0 Å². The summed E-state index contributed by atoms with van der Waals surface area (Å²) >= 11 is 0. The summed E-state index contributed by atoms with van der Waals surface area (Å²) in [5, 5.41) is 21.9. The lowest BCUT2D eigenvalue weighted by atomic mass is 9.84. The Balaban J connectivity index is 1.90. The summed E-state index contributed by atoms with van der Waals surface area (Å²) in [7, 11) is 0. The second-order valence-electron chi connectivity index (χ2n) is 6.02. The van der Waals surface area contributed by atoms with E-state index in [4.69, 9.17) is 0 Å². The van der Waals surface area contributed by atoms with Crippen molar-refractivity contribution >= 4 is 0 Å². The zero-order valence-electron chi connectivity index (χ0n) is 12.3. The summed E-state index contributed by atoms with van der Waals surface area (Å²) < 4.78 is 38.5. The van der Waals surface area contributed by atoms with Crippen LogP contribution < -0.4 is 5.32 Å². The lowest BCUT2D eigenvalue weighted by molar-refractivity contribution is -0.183. The number of phenols is 1. The standard InChI is InChI=1S/C16H22F3NO2/c17-16(18,19)12-2-1-3-13(9-12)20-14(10-21)8-11-4-6-15(22)7-5-11/h4-7,12-14,20-22H,1-3,8-10H2/t12-,13+,14+/m1/s1. The van der Waals surface area contributed by atoms with E-state index in [-0.39, 0.29) is 37.3 Å². The number of alkyl halides is 3. The van der Waals surface area contributed by atoms with Crippen molar-refractivity contribution in [3.05, 3.63) is 29.8 Å². The Morgan fingerprint density at radius 3 is 2.45 bits per heavy atom. The van der Waals surface area contributed by atoms with Crippen LogP contribution in [0, 0.1) is 5.92 Å². The molecular weight excluding hydrogens is 295 g/mol. The Bertz CT molecular complexity index is 461. The number of hydrogen-bond donors (Lipinski definition) is 3. The minimum atomic E-state index is -4.13. The summed E-state index contributed by atoms with van der Waals surface area (Å²) in [6, 6.07) is 6.13. The van der Waals surface area contributed by atoms with Crippen LogP contribution in [0.2, 0.25) is 0 Å². The van der Waals surface area contributed by atoms with Crippen LogP contribution in [0.4, 0.5) is 13.2 Å². The zero-order valence-corrected chi connectivity index (χ0v) is 12.3. The molecule has 1 aromatic carbocycles. The van der Waals surface area contributed by atoms with Crippen molar-refractivity contribution in [1.82, 2.24) is 5.32 Å². The highest BCUT2D eigenvalue weighted by atomic mass is 19.4. The van der Waals surface area contributed by atoms with Gasteiger partial charge in [0.1, 0.15) is 5.75 Å². The Kier molecular flexibility index (Phi) is 5.69. The molecule has 2 rings (SSSR count). The molecule has 0 unspecified atom stereocenters. The molecular formula is C16H22F3NO2. The maximum atomic E-state index is 12.8. The third kappa shape index (κ3) is 4.88. The fourth-order valence-electron chi connectivity index (χ4n) is 3.06. The molecule has 0 amide bonds. The number of nitrogens with one attached hydrogen (secondary N) is 1. The van der Waals surface area contributed by atoms with E-state index < -0.39 is 12.1 Å². The first-order valence-electron chi connectivity index (χ1n) is 7.60. The van der Waals surface area contributed by atoms with E-state index in [0.717, 1.165) is 5.56 Å². The van der Waals surface area contributed by atoms with Crippen LogP contribution in [-0.2, 0) is 6.42 Å². The van der Waals surface area contributed by atoms with E-state index in [1.165, 1.54) is 0 Å². The lowest BCUT2D eigenvalue weighted by Crippen LogP contribution is -2.45. The van der Waals surface area contributed by atoms with Crippen LogP contribution in [0.1, 0.15) is 31.2 Å². The molecule has 1 saturated carbocycles. The van der Waals surface area contributed by atoms with Gasteiger partial charge in [-0.3, -0.25) is 0 Å². The van der Waals surface area contributed by atoms with Crippen LogP contribution in [0.3, 0.4) is 0 Å². The number of benzene rings is 1. The molecule has 0 aliphatic heterocycles. The molecule has 0 saturated heterocycles. The average Bonchev–Trinajstić information content (AvgIpc) is 2.48. The van der Waals surface area contributed by atoms with Gasteiger partial charge in [-0.2, -0.15) is 13.2 Å².